The topological polar surface area (TPSA) is 123 Å². The van der Waals surface area contributed by atoms with E-state index in [0.717, 1.165) is 16.8 Å². The van der Waals surface area contributed by atoms with Gasteiger partial charge in [0.1, 0.15) is 30.0 Å². The molecule has 2 N–H and O–H groups in total. The third kappa shape index (κ3) is 4.90. The van der Waals surface area contributed by atoms with Crippen molar-refractivity contribution in [2.45, 2.75) is 30.5 Å². The molecule has 2 aromatic heterocycles. The molecule has 0 aliphatic carbocycles. The summed E-state index contributed by atoms with van der Waals surface area (Å²) in [7, 11) is 2.82. The van der Waals surface area contributed by atoms with Crippen molar-refractivity contribution in [3.63, 3.8) is 0 Å². The average molecular weight is 578 g/mol. The number of carbonyl (C=O) groups is 1. The molecule has 10 nitrogen and oxygen atoms in total. The summed E-state index contributed by atoms with van der Waals surface area (Å²) in [4.78, 5) is 19.2. The average Bonchev–Trinajstić information content (AvgIpc) is 3.43. The molecule has 1 amide bonds. The monoisotopic (exact) mass is 577 g/mol. The lowest BCUT2D eigenvalue weighted by Gasteiger charge is -2.43. The number of pyridine rings is 1. The molecule has 2 aromatic carbocycles. The molecule has 5 rings (SSSR count). The number of aliphatic hydroxyl groups is 2. The van der Waals surface area contributed by atoms with Crippen LogP contribution in [0.1, 0.15) is 6.04 Å². The Morgan fingerprint density at radius 3 is 2.62 bits per heavy atom. The minimum Gasteiger partial charge on any atom is -0.394 e. The molecule has 210 valence electrons. The Hall–Kier alpha value is -3.62. The van der Waals surface area contributed by atoms with Crippen LogP contribution in [0.4, 0.5) is 18.9 Å². The maximum Gasteiger partial charge on any atom is 0.258 e. The number of carbonyl (C=O) groups excluding carboxylic acids is 1. The summed E-state index contributed by atoms with van der Waals surface area (Å²) in [6.07, 6.45) is -0.725. The summed E-state index contributed by atoms with van der Waals surface area (Å²) < 4.78 is 53.7. The molecule has 1 aliphatic rings. The molecule has 0 bridgehead atoms. The highest BCUT2D eigenvalue weighted by atomic mass is 35.5. The molecular formula is C26H23ClF3N5O5. The van der Waals surface area contributed by atoms with Gasteiger partial charge in [-0.2, -0.15) is 0 Å². The molecule has 14 heteroatoms. The molecule has 1 fully saturated rings. The second-order valence-corrected chi connectivity index (χ2v) is 9.65. The highest BCUT2D eigenvalue weighted by Crippen LogP contribution is 2.36. The highest BCUT2D eigenvalue weighted by Gasteiger charge is 2.50. The fraction of sp³-hybridized carbons (Fsp3) is 0.308. The van der Waals surface area contributed by atoms with Crippen LogP contribution in [0.3, 0.4) is 0 Å². The Kier molecular flexibility index (Phi) is 7.75. The lowest BCUT2D eigenvalue weighted by atomic mass is 9.91. The number of aliphatic hydroxyl groups excluding tert-OH is 2. The number of methoxy groups -OCH3 is 1. The van der Waals surface area contributed by atoms with Crippen molar-refractivity contribution in [1.82, 2.24) is 20.0 Å². The zero-order chi connectivity index (χ0) is 28.7. The quantitative estimate of drug-likeness (QED) is 0.336. The van der Waals surface area contributed by atoms with E-state index in [9.17, 15) is 28.2 Å². The third-order valence-corrected chi connectivity index (χ3v) is 7.08. The normalized spacial score (nSPS) is 22.9. The Morgan fingerprint density at radius 2 is 1.95 bits per heavy atom. The Bertz CT molecular complexity index is 1550. The van der Waals surface area contributed by atoms with Crippen molar-refractivity contribution in [3.8, 4) is 11.3 Å². The first kappa shape index (κ1) is 27.9. The summed E-state index contributed by atoms with van der Waals surface area (Å²) in [5.74, 6) is -5.03. The van der Waals surface area contributed by atoms with Crippen LogP contribution in [0.5, 0.6) is 0 Å². The van der Waals surface area contributed by atoms with E-state index in [-0.39, 0.29) is 11.3 Å². The summed E-state index contributed by atoms with van der Waals surface area (Å²) in [6.45, 7) is -0.650. The fourth-order valence-corrected chi connectivity index (χ4v) is 5.08. The van der Waals surface area contributed by atoms with Crippen LogP contribution < -0.4 is 4.90 Å². The van der Waals surface area contributed by atoms with Crippen LogP contribution in [0, 0.1) is 17.5 Å². The number of benzene rings is 2. The number of amides is 1. The largest absolute Gasteiger partial charge is 0.394 e. The first-order chi connectivity index (χ1) is 19.1. The molecule has 0 saturated carbocycles. The first-order valence-corrected chi connectivity index (χ1v) is 12.4. The zero-order valence-electron chi connectivity index (χ0n) is 21.1. The number of nitrogens with zero attached hydrogens (tertiary/aromatic N) is 5. The minimum atomic E-state index is -1.63. The SMILES string of the molecule is CO[C@@H]1[C@@H](n2cc(-c3cc(F)c(F)c(F)c3)nn2)[C@@H](O)[C@@H](CO)O[C@H]1C(=O)N(C)c1cc(Cl)cc2cnccc12. The minimum absolute atomic E-state index is 0.0362. The van der Waals surface area contributed by atoms with Crippen LogP contribution >= 0.6 is 11.6 Å². The molecule has 3 heterocycles. The lowest BCUT2D eigenvalue weighted by Crippen LogP contribution is -2.60. The number of anilines is 1. The van der Waals surface area contributed by atoms with Gasteiger partial charge in [0.05, 0.1) is 18.5 Å². The molecule has 0 spiro atoms. The molecule has 40 heavy (non-hydrogen) atoms. The van der Waals surface area contributed by atoms with Gasteiger partial charge >= 0.3 is 0 Å². The molecule has 1 aliphatic heterocycles. The van der Waals surface area contributed by atoms with E-state index < -0.39 is 60.4 Å². The Morgan fingerprint density at radius 1 is 1.23 bits per heavy atom. The van der Waals surface area contributed by atoms with Gasteiger partial charge in [0.2, 0.25) is 0 Å². The van der Waals surface area contributed by atoms with E-state index in [1.807, 2.05) is 0 Å². The predicted octanol–water partition coefficient (Wildman–Crippen LogP) is 2.90. The molecule has 0 unspecified atom stereocenters. The fourth-order valence-electron chi connectivity index (χ4n) is 4.86. The maximum absolute atomic E-state index is 13.8. The van der Waals surface area contributed by atoms with Gasteiger partial charge in [-0.15, -0.1) is 5.10 Å². The van der Waals surface area contributed by atoms with E-state index >= 15 is 0 Å². The van der Waals surface area contributed by atoms with Crippen molar-refractivity contribution in [2.75, 3.05) is 25.7 Å². The van der Waals surface area contributed by atoms with Gasteiger partial charge in [-0.05, 0) is 30.3 Å². The number of aromatic nitrogens is 4. The van der Waals surface area contributed by atoms with Gasteiger partial charge in [-0.3, -0.25) is 9.78 Å². The lowest BCUT2D eigenvalue weighted by molar-refractivity contribution is -0.211. The number of rotatable bonds is 6. The van der Waals surface area contributed by atoms with Crippen molar-refractivity contribution < 1.29 is 37.7 Å². The number of halogens is 4. The summed E-state index contributed by atoms with van der Waals surface area (Å²) >= 11 is 6.29. The van der Waals surface area contributed by atoms with Crippen LogP contribution in [0.2, 0.25) is 5.02 Å². The van der Waals surface area contributed by atoms with E-state index in [2.05, 4.69) is 15.3 Å². The van der Waals surface area contributed by atoms with Crippen LogP contribution in [-0.2, 0) is 14.3 Å². The van der Waals surface area contributed by atoms with Crippen molar-refractivity contribution in [3.05, 3.63) is 71.4 Å². The second kappa shape index (κ2) is 11.1. The number of fused-ring (bicyclic) bond motifs is 1. The summed E-state index contributed by atoms with van der Waals surface area (Å²) in [6, 6.07) is 5.41. The maximum atomic E-state index is 13.8. The number of likely N-dealkylation sites (N-methyl/N-ethyl adjacent to an activating group) is 1. The zero-order valence-corrected chi connectivity index (χ0v) is 21.8. The molecule has 5 atom stereocenters. The predicted molar refractivity (Wildman–Crippen MR) is 137 cm³/mol. The van der Waals surface area contributed by atoms with Gasteiger partial charge in [0.15, 0.2) is 23.6 Å². The van der Waals surface area contributed by atoms with E-state index in [4.69, 9.17) is 21.1 Å². The van der Waals surface area contributed by atoms with Gasteiger partial charge in [0, 0.05) is 47.9 Å². The van der Waals surface area contributed by atoms with Crippen LogP contribution in [0.25, 0.3) is 22.0 Å². The molecule has 1 saturated heterocycles. The van der Waals surface area contributed by atoms with Crippen molar-refractivity contribution in [2.24, 2.45) is 0 Å². The summed E-state index contributed by atoms with van der Waals surface area (Å²) in [5.41, 5.74) is 0.317. The molecular weight excluding hydrogens is 555 g/mol. The van der Waals surface area contributed by atoms with E-state index in [1.54, 1.807) is 30.6 Å². The van der Waals surface area contributed by atoms with Gasteiger partial charge in [0.25, 0.3) is 5.91 Å². The molecule has 0 radical (unpaired) electrons. The number of ether oxygens (including phenoxy) is 2. The first-order valence-electron chi connectivity index (χ1n) is 12.0. The Balaban J connectivity index is 1.51. The van der Waals surface area contributed by atoms with Crippen molar-refractivity contribution in [1.29, 1.82) is 0 Å². The van der Waals surface area contributed by atoms with E-state index in [1.165, 1.54) is 25.3 Å². The smallest absolute Gasteiger partial charge is 0.258 e. The highest BCUT2D eigenvalue weighted by molar-refractivity contribution is 6.32. The van der Waals surface area contributed by atoms with E-state index in [0.29, 0.717) is 21.5 Å². The Labute approximate surface area is 230 Å². The van der Waals surface area contributed by atoms with Gasteiger partial charge in [-0.1, -0.05) is 16.8 Å². The van der Waals surface area contributed by atoms with Crippen molar-refractivity contribution >= 4 is 34.0 Å². The number of hydrogen-bond donors (Lipinski definition) is 2. The standard InChI is InChI=1S/C26H23ClF3N5O5/c1-34(19-8-14(27)5-13-9-31-4-3-15(13)19)26(38)25-24(39-2)22(23(37)20(11-36)40-25)35-10-18(32-33-35)12-6-16(28)21(30)17(29)7-12/h3-10,20,22-25,36-37H,11H2,1-2H3/t20-,22+,23+,24-,25-/m1/s1. The van der Waals surface area contributed by atoms with Gasteiger partial charge in [-0.25, -0.2) is 17.9 Å². The van der Waals surface area contributed by atoms with Gasteiger partial charge < -0.3 is 24.6 Å². The van der Waals surface area contributed by atoms with Crippen LogP contribution in [-0.4, -0.2) is 81.3 Å². The summed E-state index contributed by atoms with van der Waals surface area (Å²) in [5, 5.41) is 30.6. The molecule has 4 aromatic rings. The second-order valence-electron chi connectivity index (χ2n) is 9.22. The number of hydrogen-bond acceptors (Lipinski definition) is 8. The third-order valence-electron chi connectivity index (χ3n) is 6.87. The van der Waals surface area contributed by atoms with Crippen LogP contribution in [0.15, 0.2) is 48.9 Å².